The van der Waals surface area contributed by atoms with Crippen LogP contribution in [0.4, 0.5) is 0 Å². The minimum Gasteiger partial charge on any atom is -0.0794 e. The zero-order valence-electron chi connectivity index (χ0n) is 12.6. The van der Waals surface area contributed by atoms with E-state index in [2.05, 4.69) is 84.7 Å². The van der Waals surface area contributed by atoms with Crippen molar-refractivity contribution in [2.24, 2.45) is 0 Å². The molecule has 4 aromatic rings. The van der Waals surface area contributed by atoms with Gasteiger partial charge in [-0.1, -0.05) is 72.5 Å². The lowest BCUT2D eigenvalue weighted by Crippen LogP contribution is -1.85. The third kappa shape index (κ3) is 1.94. The van der Waals surface area contributed by atoms with E-state index in [0.717, 1.165) is 12.0 Å². The van der Waals surface area contributed by atoms with Gasteiger partial charge in [-0.2, -0.15) is 0 Å². The molecule has 0 saturated heterocycles. The zero-order valence-corrected chi connectivity index (χ0v) is 12.6. The fourth-order valence-electron chi connectivity index (χ4n) is 3.52. The third-order valence-electron chi connectivity index (χ3n) is 4.60. The molecule has 0 radical (unpaired) electrons. The van der Waals surface area contributed by atoms with Crippen LogP contribution in [0.2, 0.25) is 0 Å². The summed E-state index contributed by atoms with van der Waals surface area (Å²) in [5.74, 6) is 6.62. The van der Waals surface area contributed by atoms with E-state index in [1.54, 1.807) is 0 Å². The molecule has 0 heterocycles. The van der Waals surface area contributed by atoms with Crippen LogP contribution in [0.15, 0.2) is 78.4 Å². The Morgan fingerprint density at radius 3 is 2.00 bits per heavy atom. The van der Waals surface area contributed by atoms with Gasteiger partial charge in [0.15, 0.2) is 0 Å². The second-order valence-electron chi connectivity index (χ2n) is 6.08. The van der Waals surface area contributed by atoms with E-state index < -0.39 is 0 Å². The van der Waals surface area contributed by atoms with Gasteiger partial charge in [-0.05, 0) is 50.9 Å². The number of allylic oxidation sites excluding steroid dienone is 4. The normalized spacial score (nSPS) is 13.7. The lowest BCUT2D eigenvalue weighted by Gasteiger charge is -2.10. The Labute approximate surface area is 135 Å². The molecule has 106 valence electrons. The first-order chi connectivity index (χ1) is 11.4. The second-order valence-corrected chi connectivity index (χ2v) is 6.08. The van der Waals surface area contributed by atoms with Crippen molar-refractivity contribution >= 4 is 32.3 Å². The molecular weight excluding hydrogens is 276 g/mol. The van der Waals surface area contributed by atoms with Gasteiger partial charge in [0.05, 0.1) is 0 Å². The number of hydrogen-bond acceptors (Lipinski definition) is 0. The van der Waals surface area contributed by atoms with E-state index in [1.807, 2.05) is 0 Å². The quantitative estimate of drug-likeness (QED) is 0.283. The fourth-order valence-corrected chi connectivity index (χ4v) is 3.52. The Hall–Kier alpha value is -3.04. The van der Waals surface area contributed by atoms with Crippen LogP contribution in [-0.4, -0.2) is 0 Å². The summed E-state index contributed by atoms with van der Waals surface area (Å²) in [6.07, 6.45) is 7.27. The molecule has 5 rings (SSSR count). The molecule has 0 unspecified atom stereocenters. The molecule has 4 aromatic carbocycles. The van der Waals surface area contributed by atoms with Crippen molar-refractivity contribution in [1.29, 1.82) is 0 Å². The van der Waals surface area contributed by atoms with Crippen LogP contribution in [0.1, 0.15) is 12.0 Å². The minimum atomic E-state index is 0.960. The van der Waals surface area contributed by atoms with E-state index >= 15 is 0 Å². The van der Waals surface area contributed by atoms with Gasteiger partial charge < -0.3 is 0 Å². The van der Waals surface area contributed by atoms with Crippen molar-refractivity contribution in [3.63, 3.8) is 0 Å². The molecule has 0 heteroatoms. The maximum absolute atomic E-state index is 3.33. The van der Waals surface area contributed by atoms with Crippen LogP contribution >= 0.6 is 0 Å². The van der Waals surface area contributed by atoms with Gasteiger partial charge in [0.2, 0.25) is 0 Å². The van der Waals surface area contributed by atoms with Crippen LogP contribution in [0.5, 0.6) is 0 Å². The lowest BCUT2D eigenvalue weighted by atomic mass is 9.93. The van der Waals surface area contributed by atoms with Crippen LogP contribution in [0.3, 0.4) is 0 Å². The van der Waals surface area contributed by atoms with Gasteiger partial charge in [0.1, 0.15) is 0 Å². The van der Waals surface area contributed by atoms with Crippen molar-refractivity contribution in [1.82, 2.24) is 0 Å². The maximum atomic E-state index is 3.33. The zero-order chi connectivity index (χ0) is 15.2. The molecule has 0 atom stereocenters. The molecule has 0 bridgehead atoms. The maximum Gasteiger partial charge on any atom is 0.0261 e. The summed E-state index contributed by atoms with van der Waals surface area (Å²) in [6.45, 7) is 0. The highest BCUT2D eigenvalue weighted by Gasteiger charge is 2.08. The Morgan fingerprint density at radius 2 is 1.35 bits per heavy atom. The summed E-state index contributed by atoms with van der Waals surface area (Å²) in [6, 6.07) is 19.8. The van der Waals surface area contributed by atoms with Crippen LogP contribution in [0, 0.1) is 11.8 Å². The molecule has 0 aromatic heterocycles. The molecule has 1 aliphatic rings. The topological polar surface area (TPSA) is 0 Å². The standard InChI is InChI=1S/C23H14/c1-2-5-16(4-1)8-9-17-14-20-12-10-18-6-3-7-19-11-13-21(15-17)23(20)22(18)19/h1-4,6-7,10-15H,5H2. The Morgan fingerprint density at radius 1 is 0.696 bits per heavy atom. The summed E-state index contributed by atoms with van der Waals surface area (Å²) < 4.78 is 0. The molecule has 0 nitrogen and oxygen atoms in total. The SMILES string of the molecule is C(#Cc1cc2ccc3cccc4ccc(c1)c2c34)C1=CC=CC1. The van der Waals surface area contributed by atoms with Crippen molar-refractivity contribution in [3.05, 3.63) is 84.0 Å². The van der Waals surface area contributed by atoms with E-state index in [9.17, 15) is 0 Å². The molecule has 1 aliphatic carbocycles. The molecular formula is C23H14. The van der Waals surface area contributed by atoms with Gasteiger partial charge in [-0.25, -0.2) is 0 Å². The van der Waals surface area contributed by atoms with Crippen molar-refractivity contribution in [2.75, 3.05) is 0 Å². The van der Waals surface area contributed by atoms with Gasteiger partial charge >= 0.3 is 0 Å². The summed E-state index contributed by atoms with van der Waals surface area (Å²) in [4.78, 5) is 0. The molecule has 0 spiro atoms. The molecule has 0 fully saturated rings. The number of benzene rings is 4. The number of rotatable bonds is 0. The molecule has 0 aliphatic heterocycles. The Bertz CT molecular complexity index is 1110. The van der Waals surface area contributed by atoms with Crippen LogP contribution < -0.4 is 0 Å². The van der Waals surface area contributed by atoms with Gasteiger partial charge in [0, 0.05) is 11.1 Å². The third-order valence-corrected chi connectivity index (χ3v) is 4.60. The molecule has 23 heavy (non-hydrogen) atoms. The first-order valence-corrected chi connectivity index (χ1v) is 7.94. The van der Waals surface area contributed by atoms with Gasteiger partial charge in [-0.15, -0.1) is 0 Å². The van der Waals surface area contributed by atoms with Gasteiger partial charge in [0.25, 0.3) is 0 Å². The predicted molar refractivity (Wildman–Crippen MR) is 98.9 cm³/mol. The molecule has 0 amide bonds. The van der Waals surface area contributed by atoms with E-state index in [0.29, 0.717) is 0 Å². The highest BCUT2D eigenvalue weighted by molar-refractivity contribution is 6.23. The van der Waals surface area contributed by atoms with Crippen LogP contribution in [-0.2, 0) is 0 Å². The summed E-state index contributed by atoms with van der Waals surface area (Å²) in [5.41, 5.74) is 2.28. The lowest BCUT2D eigenvalue weighted by molar-refractivity contribution is 1.36. The second kappa shape index (κ2) is 4.73. The van der Waals surface area contributed by atoms with E-state index in [-0.39, 0.29) is 0 Å². The summed E-state index contributed by atoms with van der Waals surface area (Å²) >= 11 is 0. The smallest absolute Gasteiger partial charge is 0.0261 e. The van der Waals surface area contributed by atoms with Crippen molar-refractivity contribution < 1.29 is 0 Å². The first kappa shape index (κ1) is 12.5. The average molecular weight is 290 g/mol. The monoisotopic (exact) mass is 290 g/mol. The Balaban J connectivity index is 1.78. The van der Waals surface area contributed by atoms with Crippen LogP contribution in [0.25, 0.3) is 32.3 Å². The summed E-state index contributed by atoms with van der Waals surface area (Å²) in [7, 11) is 0. The van der Waals surface area contributed by atoms with Crippen molar-refractivity contribution in [3.8, 4) is 11.8 Å². The molecule has 0 saturated carbocycles. The highest BCUT2D eigenvalue weighted by atomic mass is 14.1. The molecule has 0 N–H and O–H groups in total. The fraction of sp³-hybridized carbons (Fsp3) is 0.0435. The average Bonchev–Trinajstić information content (AvgIpc) is 3.11. The highest BCUT2D eigenvalue weighted by Crippen LogP contribution is 2.34. The predicted octanol–water partition coefficient (Wildman–Crippen LogP) is 5.82. The Kier molecular flexibility index (Phi) is 2.57. The van der Waals surface area contributed by atoms with E-state index in [4.69, 9.17) is 0 Å². The summed E-state index contributed by atoms with van der Waals surface area (Å²) in [5, 5.41) is 7.88. The van der Waals surface area contributed by atoms with E-state index in [1.165, 1.54) is 37.9 Å². The minimum absolute atomic E-state index is 0.960. The number of hydrogen-bond donors (Lipinski definition) is 0. The first-order valence-electron chi connectivity index (χ1n) is 7.94. The van der Waals surface area contributed by atoms with Crippen molar-refractivity contribution in [2.45, 2.75) is 6.42 Å². The van der Waals surface area contributed by atoms with Gasteiger partial charge in [-0.3, -0.25) is 0 Å². The largest absolute Gasteiger partial charge is 0.0794 e.